The van der Waals surface area contributed by atoms with Crippen molar-refractivity contribution in [3.63, 3.8) is 0 Å². The predicted octanol–water partition coefficient (Wildman–Crippen LogP) is 0.949. The zero-order chi connectivity index (χ0) is 14.8. The molecule has 0 atom stereocenters. The molecule has 2 aromatic heterocycles. The molecule has 0 aliphatic carbocycles. The molecule has 3 rings (SSSR count). The summed E-state index contributed by atoms with van der Waals surface area (Å²) in [6.07, 6.45) is 4.35. The molecule has 3 heterocycles. The lowest BCUT2D eigenvalue weighted by molar-refractivity contribution is 0.391. The van der Waals surface area contributed by atoms with Crippen molar-refractivity contribution in [2.45, 2.75) is 19.8 Å². The summed E-state index contributed by atoms with van der Waals surface area (Å²) in [6.45, 7) is 5.13. The van der Waals surface area contributed by atoms with E-state index < -0.39 is 0 Å². The maximum atomic E-state index is 4.64. The number of anilines is 1. The Morgan fingerprint density at radius 1 is 1.38 bits per heavy atom. The van der Waals surface area contributed by atoms with Crippen LogP contribution in [0.2, 0.25) is 0 Å². The molecule has 0 saturated carbocycles. The molecule has 0 unspecified atom stereocenters. The summed E-state index contributed by atoms with van der Waals surface area (Å²) in [6, 6.07) is 0. The van der Waals surface area contributed by atoms with Crippen LogP contribution in [0, 0.1) is 12.8 Å². The Hall–Kier alpha value is -1.89. The Kier molecular flexibility index (Phi) is 3.92. The number of piperidine rings is 1. The second-order valence-electron chi connectivity index (χ2n) is 5.77. The van der Waals surface area contributed by atoms with Gasteiger partial charge in [0.05, 0.1) is 11.3 Å². The van der Waals surface area contributed by atoms with Crippen LogP contribution >= 0.6 is 0 Å². The molecule has 1 aliphatic rings. The average Bonchev–Trinajstić information content (AvgIpc) is 3.06. The van der Waals surface area contributed by atoms with Gasteiger partial charge in [0.1, 0.15) is 0 Å². The smallest absolute Gasteiger partial charge is 0.245 e. The van der Waals surface area contributed by atoms with Gasteiger partial charge in [0, 0.05) is 26.3 Å². The Bertz CT molecular complexity index is 592. The molecule has 0 amide bonds. The molecule has 21 heavy (non-hydrogen) atoms. The molecule has 7 heteroatoms. The molecule has 7 nitrogen and oxygen atoms in total. The fraction of sp³-hybridized carbons (Fsp3) is 0.643. The van der Waals surface area contributed by atoms with Gasteiger partial charge in [-0.1, -0.05) is 0 Å². The van der Waals surface area contributed by atoms with Crippen LogP contribution < -0.4 is 10.2 Å². The lowest BCUT2D eigenvalue weighted by atomic mass is 9.97. The molecule has 114 valence electrons. The molecule has 1 fully saturated rings. The van der Waals surface area contributed by atoms with Crippen molar-refractivity contribution in [1.82, 2.24) is 30.3 Å². The first-order valence-corrected chi connectivity index (χ1v) is 7.50. The highest BCUT2D eigenvalue weighted by molar-refractivity contribution is 5.58. The molecule has 0 spiro atoms. The van der Waals surface area contributed by atoms with Gasteiger partial charge in [0.25, 0.3) is 0 Å². The van der Waals surface area contributed by atoms with Crippen molar-refractivity contribution in [2.24, 2.45) is 13.0 Å². The van der Waals surface area contributed by atoms with E-state index in [1.807, 2.05) is 27.2 Å². The molecule has 0 radical (unpaired) electrons. The molecule has 2 N–H and O–H groups in total. The van der Waals surface area contributed by atoms with Crippen molar-refractivity contribution < 1.29 is 0 Å². The average molecular weight is 289 g/mol. The normalized spacial score (nSPS) is 16.6. The van der Waals surface area contributed by atoms with Gasteiger partial charge in [-0.15, -0.1) is 5.10 Å². The number of aromatic nitrogens is 5. The van der Waals surface area contributed by atoms with Crippen LogP contribution in [-0.2, 0) is 7.05 Å². The van der Waals surface area contributed by atoms with Crippen LogP contribution in [0.4, 0.5) is 5.95 Å². The lowest BCUT2D eigenvalue weighted by Gasteiger charge is -2.30. The fourth-order valence-electron chi connectivity index (χ4n) is 2.97. The highest BCUT2D eigenvalue weighted by Crippen LogP contribution is 2.23. The maximum Gasteiger partial charge on any atom is 0.245 e. The molecule has 1 aliphatic heterocycles. The Morgan fingerprint density at radius 2 is 2.14 bits per heavy atom. The number of nitrogens with one attached hydrogen (secondary N) is 2. The van der Waals surface area contributed by atoms with Gasteiger partial charge < -0.3 is 10.2 Å². The number of hydrogen-bond acceptors (Lipinski definition) is 5. The Morgan fingerprint density at radius 3 is 2.76 bits per heavy atom. The molecule has 1 saturated heterocycles. The minimum atomic E-state index is 0.769. The van der Waals surface area contributed by atoms with Crippen LogP contribution in [0.3, 0.4) is 0 Å². The van der Waals surface area contributed by atoms with E-state index in [1.54, 1.807) is 4.68 Å². The van der Waals surface area contributed by atoms with Crippen molar-refractivity contribution in [1.29, 1.82) is 0 Å². The summed E-state index contributed by atoms with van der Waals surface area (Å²) in [5, 5.41) is 15.0. The second kappa shape index (κ2) is 5.85. The van der Waals surface area contributed by atoms with Gasteiger partial charge in [-0.3, -0.25) is 9.78 Å². The van der Waals surface area contributed by atoms with Crippen molar-refractivity contribution in [3.8, 4) is 11.4 Å². The second-order valence-corrected chi connectivity index (χ2v) is 5.77. The van der Waals surface area contributed by atoms with Gasteiger partial charge in [-0.05, 0) is 39.3 Å². The minimum Gasteiger partial charge on any atom is -0.340 e. The minimum absolute atomic E-state index is 0.769. The van der Waals surface area contributed by atoms with E-state index in [4.69, 9.17) is 0 Å². The fourth-order valence-corrected chi connectivity index (χ4v) is 2.97. The summed E-state index contributed by atoms with van der Waals surface area (Å²) in [4.78, 5) is 6.90. The van der Waals surface area contributed by atoms with Crippen LogP contribution in [-0.4, -0.2) is 51.6 Å². The first kappa shape index (κ1) is 14.1. The standard InChI is InChI=1S/C14H23N7/c1-10-12(9-20(3)19-10)13-16-14(18-17-13)21-6-4-11(5-7-21)8-15-2/h9,11,15H,4-8H2,1-3H3,(H,16,17,18). The first-order valence-electron chi connectivity index (χ1n) is 7.50. The highest BCUT2D eigenvalue weighted by atomic mass is 15.4. The van der Waals surface area contributed by atoms with Crippen LogP contribution in [0.15, 0.2) is 6.20 Å². The van der Waals surface area contributed by atoms with Crippen molar-refractivity contribution in [2.75, 3.05) is 31.6 Å². The van der Waals surface area contributed by atoms with E-state index in [0.29, 0.717) is 0 Å². The van der Waals surface area contributed by atoms with E-state index >= 15 is 0 Å². The van der Waals surface area contributed by atoms with Crippen molar-refractivity contribution in [3.05, 3.63) is 11.9 Å². The third-order valence-corrected chi connectivity index (χ3v) is 4.13. The number of aromatic amines is 1. The summed E-state index contributed by atoms with van der Waals surface area (Å²) in [5.74, 6) is 2.37. The summed E-state index contributed by atoms with van der Waals surface area (Å²) < 4.78 is 1.80. The third-order valence-electron chi connectivity index (χ3n) is 4.13. The van der Waals surface area contributed by atoms with Gasteiger partial charge in [-0.2, -0.15) is 10.1 Å². The third kappa shape index (κ3) is 2.92. The van der Waals surface area contributed by atoms with Gasteiger partial charge in [-0.25, -0.2) is 0 Å². The maximum absolute atomic E-state index is 4.64. The summed E-state index contributed by atoms with van der Waals surface area (Å²) in [7, 11) is 3.93. The van der Waals surface area contributed by atoms with E-state index in [9.17, 15) is 0 Å². The van der Waals surface area contributed by atoms with Gasteiger partial charge in [0.2, 0.25) is 5.95 Å². The SMILES string of the molecule is CNCC1CCN(c2n[nH]c(-c3cn(C)nc3C)n2)CC1. The number of aryl methyl sites for hydroxylation is 2. The number of H-pyrrole nitrogens is 1. The van der Waals surface area contributed by atoms with E-state index in [1.165, 1.54) is 12.8 Å². The first-order chi connectivity index (χ1) is 10.2. The summed E-state index contributed by atoms with van der Waals surface area (Å²) in [5.41, 5.74) is 1.98. The molecule has 0 bridgehead atoms. The zero-order valence-electron chi connectivity index (χ0n) is 12.9. The van der Waals surface area contributed by atoms with Crippen molar-refractivity contribution >= 4 is 5.95 Å². The zero-order valence-corrected chi connectivity index (χ0v) is 12.9. The van der Waals surface area contributed by atoms with Gasteiger partial charge in [0.15, 0.2) is 5.82 Å². The quantitative estimate of drug-likeness (QED) is 0.876. The summed E-state index contributed by atoms with van der Waals surface area (Å²) >= 11 is 0. The number of nitrogens with zero attached hydrogens (tertiary/aromatic N) is 5. The van der Waals surface area contributed by atoms with Crippen LogP contribution in [0.1, 0.15) is 18.5 Å². The monoisotopic (exact) mass is 289 g/mol. The molecular formula is C14H23N7. The van der Waals surface area contributed by atoms with E-state index in [-0.39, 0.29) is 0 Å². The van der Waals surface area contributed by atoms with E-state index in [0.717, 1.165) is 48.6 Å². The molecule has 0 aromatic carbocycles. The predicted molar refractivity (Wildman–Crippen MR) is 82.2 cm³/mol. The molecular weight excluding hydrogens is 266 g/mol. The highest BCUT2D eigenvalue weighted by Gasteiger charge is 2.22. The Balaban J connectivity index is 1.70. The van der Waals surface area contributed by atoms with E-state index in [2.05, 4.69) is 30.5 Å². The Labute approximate surface area is 124 Å². The number of hydrogen-bond donors (Lipinski definition) is 2. The largest absolute Gasteiger partial charge is 0.340 e. The lowest BCUT2D eigenvalue weighted by Crippen LogP contribution is -2.37. The van der Waals surface area contributed by atoms with Gasteiger partial charge >= 0.3 is 0 Å². The topological polar surface area (TPSA) is 74.7 Å². The van der Waals surface area contributed by atoms with Crippen LogP contribution in [0.25, 0.3) is 11.4 Å². The number of rotatable bonds is 4. The molecule has 2 aromatic rings. The van der Waals surface area contributed by atoms with Crippen LogP contribution in [0.5, 0.6) is 0 Å².